The minimum absolute atomic E-state index is 0.148. The summed E-state index contributed by atoms with van der Waals surface area (Å²) in [5, 5.41) is 8.73. The van der Waals surface area contributed by atoms with Crippen molar-refractivity contribution in [1.29, 1.82) is 0 Å². The minimum atomic E-state index is -3.22. The molecule has 0 atom stereocenters. The van der Waals surface area contributed by atoms with Crippen molar-refractivity contribution in [3.8, 4) is 0 Å². The lowest BCUT2D eigenvalue weighted by atomic mass is 10.1. The molecule has 1 aliphatic heterocycles. The summed E-state index contributed by atoms with van der Waals surface area (Å²) in [6.07, 6.45) is 1.20. The number of nitrogens with one attached hydrogen (secondary N) is 1. The molecule has 0 saturated carbocycles. The highest BCUT2D eigenvalue weighted by Crippen LogP contribution is 2.33. The number of hydrogen-bond donors (Lipinski definition) is 2. The summed E-state index contributed by atoms with van der Waals surface area (Å²) < 4.78 is 25.7. The molecule has 0 radical (unpaired) electrons. The van der Waals surface area contributed by atoms with Crippen molar-refractivity contribution < 1.29 is 18.4 Å². The van der Waals surface area contributed by atoms with E-state index in [2.05, 4.69) is 0 Å². The molecule has 0 aromatic carbocycles. The van der Waals surface area contributed by atoms with E-state index in [9.17, 15) is 13.2 Å². The molecule has 1 aromatic rings. The summed E-state index contributed by atoms with van der Waals surface area (Å²) in [6, 6.07) is 0. The third-order valence-electron chi connectivity index (χ3n) is 3.44. The summed E-state index contributed by atoms with van der Waals surface area (Å²) in [4.78, 5) is 13.0. The fourth-order valence-corrected chi connectivity index (χ4v) is 5.05. The Hall–Kier alpha value is -0.960. The van der Waals surface area contributed by atoms with Crippen LogP contribution < -0.4 is 5.48 Å². The third kappa shape index (κ3) is 2.73. The van der Waals surface area contributed by atoms with Gasteiger partial charge < -0.3 is 0 Å². The second-order valence-corrected chi connectivity index (χ2v) is 7.99. The molecule has 2 rings (SSSR count). The number of rotatable bonds is 4. The quantitative estimate of drug-likeness (QED) is 0.646. The van der Waals surface area contributed by atoms with E-state index in [1.165, 1.54) is 15.6 Å². The van der Waals surface area contributed by atoms with Gasteiger partial charge in [-0.15, -0.1) is 11.3 Å². The summed E-state index contributed by atoms with van der Waals surface area (Å²) in [5.74, 6) is -0.389. The first-order valence-electron chi connectivity index (χ1n) is 6.44. The van der Waals surface area contributed by atoms with Crippen molar-refractivity contribution in [2.45, 2.75) is 33.2 Å². The first-order valence-corrected chi connectivity index (χ1v) is 8.86. The van der Waals surface area contributed by atoms with Gasteiger partial charge in [-0.25, -0.2) is 13.9 Å². The Bertz CT molecular complexity index is 622. The molecule has 0 saturated heterocycles. The number of carbonyl (C=O) groups is 1. The highest BCUT2D eigenvalue weighted by molar-refractivity contribution is 7.89. The lowest BCUT2D eigenvalue weighted by Gasteiger charge is -2.26. The maximum Gasteiger partial charge on any atom is 0.284 e. The van der Waals surface area contributed by atoms with Gasteiger partial charge >= 0.3 is 0 Å². The van der Waals surface area contributed by atoms with E-state index in [1.54, 1.807) is 12.4 Å². The van der Waals surface area contributed by atoms with Gasteiger partial charge in [0, 0.05) is 18.0 Å². The molecule has 6 nitrogen and oxygen atoms in total. The maximum absolute atomic E-state index is 12.1. The lowest BCUT2D eigenvalue weighted by molar-refractivity contribution is 0.0710. The summed E-state index contributed by atoms with van der Waals surface area (Å²) in [5.41, 5.74) is 3.29. The zero-order valence-corrected chi connectivity index (χ0v) is 13.1. The van der Waals surface area contributed by atoms with Gasteiger partial charge in [-0.1, -0.05) is 6.92 Å². The Kier molecular flexibility index (Phi) is 4.48. The van der Waals surface area contributed by atoms with E-state index in [0.717, 1.165) is 16.0 Å². The van der Waals surface area contributed by atoms with Crippen LogP contribution >= 0.6 is 11.3 Å². The first-order chi connectivity index (χ1) is 9.40. The number of hydroxylamine groups is 1. The molecule has 0 aliphatic carbocycles. The topological polar surface area (TPSA) is 86.7 Å². The molecular weight excluding hydrogens is 300 g/mol. The van der Waals surface area contributed by atoms with Gasteiger partial charge in [-0.05, 0) is 30.9 Å². The second kappa shape index (κ2) is 5.80. The largest absolute Gasteiger partial charge is 0.288 e. The van der Waals surface area contributed by atoms with Gasteiger partial charge in [0.2, 0.25) is 10.0 Å². The van der Waals surface area contributed by atoms with E-state index >= 15 is 0 Å². The standard InChI is InChI=1S/C12H18N2O4S2/c1-3-6-20(17,18)14-5-4-10-9(7-14)8(2)11(19-10)12(15)13-16/h16H,3-7H2,1-2H3,(H,13,15). The van der Waals surface area contributed by atoms with E-state index in [0.29, 0.717) is 30.8 Å². The van der Waals surface area contributed by atoms with Gasteiger partial charge in [0.15, 0.2) is 0 Å². The molecule has 1 aliphatic rings. The lowest BCUT2D eigenvalue weighted by Crippen LogP contribution is -2.37. The fourth-order valence-electron chi connectivity index (χ4n) is 2.39. The van der Waals surface area contributed by atoms with Crippen molar-refractivity contribution >= 4 is 27.3 Å². The van der Waals surface area contributed by atoms with Crippen LogP contribution in [0.15, 0.2) is 0 Å². The van der Waals surface area contributed by atoms with E-state index in [1.807, 2.05) is 6.92 Å². The number of fused-ring (bicyclic) bond motifs is 1. The number of nitrogens with zero attached hydrogens (tertiary/aromatic N) is 1. The van der Waals surface area contributed by atoms with Crippen LogP contribution in [0.1, 0.15) is 39.0 Å². The number of carbonyl (C=O) groups excluding carboxylic acids is 1. The van der Waals surface area contributed by atoms with Crippen LogP contribution in [0.4, 0.5) is 0 Å². The van der Waals surface area contributed by atoms with Gasteiger partial charge in [0.25, 0.3) is 5.91 Å². The highest BCUT2D eigenvalue weighted by Gasteiger charge is 2.30. The molecule has 1 aromatic heterocycles. The Morgan fingerprint density at radius 2 is 2.20 bits per heavy atom. The Balaban J connectivity index is 2.31. The van der Waals surface area contributed by atoms with Crippen molar-refractivity contribution in [3.63, 3.8) is 0 Å². The Labute approximate surface area is 122 Å². The number of sulfonamides is 1. The minimum Gasteiger partial charge on any atom is -0.288 e. The zero-order valence-electron chi connectivity index (χ0n) is 11.5. The number of hydrogen-bond acceptors (Lipinski definition) is 5. The number of amides is 1. The van der Waals surface area contributed by atoms with Crippen molar-refractivity contribution in [1.82, 2.24) is 9.79 Å². The molecule has 0 bridgehead atoms. The van der Waals surface area contributed by atoms with Crippen LogP contribution in [0, 0.1) is 6.92 Å². The van der Waals surface area contributed by atoms with Crippen LogP contribution in [0.3, 0.4) is 0 Å². The van der Waals surface area contributed by atoms with E-state index < -0.39 is 15.9 Å². The van der Waals surface area contributed by atoms with Crippen molar-refractivity contribution in [3.05, 3.63) is 20.9 Å². The molecule has 8 heteroatoms. The smallest absolute Gasteiger partial charge is 0.284 e. The van der Waals surface area contributed by atoms with E-state index in [4.69, 9.17) is 5.21 Å². The molecule has 2 heterocycles. The first kappa shape index (κ1) is 15.4. The molecule has 0 spiro atoms. The van der Waals surface area contributed by atoms with Crippen LogP contribution in [0.2, 0.25) is 0 Å². The highest BCUT2D eigenvalue weighted by atomic mass is 32.2. The monoisotopic (exact) mass is 318 g/mol. The molecular formula is C12H18N2O4S2. The average Bonchev–Trinajstić information content (AvgIpc) is 2.75. The zero-order chi connectivity index (χ0) is 14.9. The maximum atomic E-state index is 12.1. The molecule has 112 valence electrons. The summed E-state index contributed by atoms with van der Waals surface area (Å²) in [7, 11) is -3.22. The van der Waals surface area contributed by atoms with Crippen LogP contribution in [-0.4, -0.2) is 36.1 Å². The molecule has 0 unspecified atom stereocenters. The van der Waals surface area contributed by atoms with Gasteiger partial charge in [0.05, 0.1) is 10.6 Å². The van der Waals surface area contributed by atoms with Crippen LogP contribution in [-0.2, 0) is 23.0 Å². The Morgan fingerprint density at radius 1 is 1.50 bits per heavy atom. The molecule has 1 amide bonds. The van der Waals surface area contributed by atoms with Gasteiger partial charge in [0.1, 0.15) is 0 Å². The average molecular weight is 318 g/mol. The van der Waals surface area contributed by atoms with Crippen LogP contribution in [0.5, 0.6) is 0 Å². The van der Waals surface area contributed by atoms with E-state index in [-0.39, 0.29) is 5.75 Å². The predicted molar refractivity (Wildman–Crippen MR) is 76.5 cm³/mol. The van der Waals surface area contributed by atoms with Crippen molar-refractivity contribution in [2.24, 2.45) is 0 Å². The fraction of sp³-hybridized carbons (Fsp3) is 0.583. The molecule has 20 heavy (non-hydrogen) atoms. The summed E-state index contributed by atoms with van der Waals surface area (Å²) >= 11 is 1.33. The third-order valence-corrected chi connectivity index (χ3v) is 6.86. The summed E-state index contributed by atoms with van der Waals surface area (Å²) in [6.45, 7) is 4.40. The Morgan fingerprint density at radius 3 is 2.80 bits per heavy atom. The normalized spacial score (nSPS) is 15.9. The predicted octanol–water partition coefficient (Wildman–Crippen LogP) is 1.27. The SMILES string of the molecule is CCCS(=O)(=O)N1CCc2sc(C(=O)NO)c(C)c2C1. The van der Waals surface area contributed by atoms with Gasteiger partial charge in [-0.3, -0.25) is 10.0 Å². The van der Waals surface area contributed by atoms with Crippen LogP contribution in [0.25, 0.3) is 0 Å². The number of thiophene rings is 1. The second-order valence-electron chi connectivity index (χ2n) is 4.80. The molecule has 2 N–H and O–H groups in total. The van der Waals surface area contributed by atoms with Crippen molar-refractivity contribution in [2.75, 3.05) is 12.3 Å². The van der Waals surface area contributed by atoms with Gasteiger partial charge in [-0.2, -0.15) is 4.31 Å². The molecule has 0 fully saturated rings.